The quantitative estimate of drug-likeness (QED) is 0.809. The van der Waals surface area contributed by atoms with Gasteiger partial charge < -0.3 is 9.64 Å². The summed E-state index contributed by atoms with van der Waals surface area (Å²) in [5, 5.41) is 11.8. The number of carbonyl (C=O) groups is 1. The van der Waals surface area contributed by atoms with Gasteiger partial charge in [0, 0.05) is 13.1 Å². The highest BCUT2D eigenvalue weighted by Gasteiger charge is 2.21. The standard InChI is InChI=1S/C15H20ClN5O2/c1-4-9-20(10-5-2)15(22)23-14-17-18-19-21(14)13-11(3)7-6-8-12(13)16/h6-8H,4-5,9-10H2,1-3H3. The van der Waals surface area contributed by atoms with Gasteiger partial charge in [-0.05, 0) is 41.8 Å². The molecule has 0 bridgehead atoms. The average Bonchev–Trinajstić information content (AvgIpc) is 2.95. The maximum atomic E-state index is 12.3. The van der Waals surface area contributed by atoms with E-state index in [-0.39, 0.29) is 6.01 Å². The van der Waals surface area contributed by atoms with Gasteiger partial charge in [-0.3, -0.25) is 0 Å². The fourth-order valence-corrected chi connectivity index (χ4v) is 2.55. The third kappa shape index (κ3) is 3.98. The molecule has 2 aromatic rings. The monoisotopic (exact) mass is 337 g/mol. The number of nitrogens with zero attached hydrogens (tertiary/aromatic N) is 5. The van der Waals surface area contributed by atoms with Gasteiger partial charge in [-0.1, -0.05) is 42.7 Å². The number of aryl methyl sites for hydroxylation is 1. The molecular weight excluding hydrogens is 318 g/mol. The van der Waals surface area contributed by atoms with Gasteiger partial charge in [0.2, 0.25) is 0 Å². The molecule has 1 aromatic heterocycles. The molecule has 1 heterocycles. The van der Waals surface area contributed by atoms with Crippen LogP contribution in [0.15, 0.2) is 18.2 Å². The molecule has 0 spiro atoms. The van der Waals surface area contributed by atoms with Crippen LogP contribution in [0.3, 0.4) is 0 Å². The lowest BCUT2D eigenvalue weighted by molar-refractivity contribution is 0.147. The zero-order valence-corrected chi connectivity index (χ0v) is 14.2. The topological polar surface area (TPSA) is 73.1 Å². The highest BCUT2D eigenvalue weighted by Crippen LogP contribution is 2.26. The van der Waals surface area contributed by atoms with Crippen molar-refractivity contribution in [2.75, 3.05) is 13.1 Å². The molecule has 0 saturated carbocycles. The molecule has 0 radical (unpaired) electrons. The zero-order chi connectivity index (χ0) is 16.8. The first-order valence-electron chi connectivity index (χ1n) is 7.59. The maximum Gasteiger partial charge on any atom is 0.417 e. The maximum absolute atomic E-state index is 12.3. The number of hydrogen-bond donors (Lipinski definition) is 0. The van der Waals surface area contributed by atoms with E-state index in [2.05, 4.69) is 15.5 Å². The van der Waals surface area contributed by atoms with Crippen molar-refractivity contribution in [3.05, 3.63) is 28.8 Å². The Morgan fingerprint density at radius 3 is 2.61 bits per heavy atom. The van der Waals surface area contributed by atoms with Crippen molar-refractivity contribution in [1.82, 2.24) is 25.1 Å². The summed E-state index contributed by atoms with van der Waals surface area (Å²) in [5.41, 5.74) is 1.47. The second kappa shape index (κ2) is 7.92. The van der Waals surface area contributed by atoms with Crippen LogP contribution in [0.25, 0.3) is 5.69 Å². The molecule has 0 saturated heterocycles. The molecule has 0 atom stereocenters. The van der Waals surface area contributed by atoms with Crippen LogP contribution in [0.5, 0.6) is 6.01 Å². The summed E-state index contributed by atoms with van der Waals surface area (Å²) in [6, 6.07) is 5.46. The van der Waals surface area contributed by atoms with Gasteiger partial charge in [0.25, 0.3) is 0 Å². The molecule has 0 N–H and O–H groups in total. The Bertz CT molecular complexity index is 647. The van der Waals surface area contributed by atoms with Gasteiger partial charge >= 0.3 is 12.1 Å². The number of aromatic nitrogens is 4. The molecule has 0 aliphatic carbocycles. The molecule has 0 aliphatic rings. The van der Waals surface area contributed by atoms with Crippen LogP contribution in [0.4, 0.5) is 4.79 Å². The first-order valence-corrected chi connectivity index (χ1v) is 7.96. The SMILES string of the molecule is CCCN(CCC)C(=O)Oc1nnnn1-c1c(C)cccc1Cl. The molecule has 2 rings (SSSR count). The van der Waals surface area contributed by atoms with E-state index in [0.717, 1.165) is 18.4 Å². The number of amides is 1. The second-order valence-electron chi connectivity index (χ2n) is 5.13. The van der Waals surface area contributed by atoms with Gasteiger partial charge in [-0.2, -0.15) is 4.68 Å². The highest BCUT2D eigenvalue weighted by atomic mass is 35.5. The van der Waals surface area contributed by atoms with Crippen molar-refractivity contribution in [2.24, 2.45) is 0 Å². The first kappa shape index (κ1) is 17.2. The van der Waals surface area contributed by atoms with Crippen LogP contribution >= 0.6 is 11.6 Å². The van der Waals surface area contributed by atoms with Gasteiger partial charge in [0.15, 0.2) is 0 Å². The summed E-state index contributed by atoms with van der Waals surface area (Å²) >= 11 is 6.22. The van der Waals surface area contributed by atoms with E-state index >= 15 is 0 Å². The molecular formula is C15H20ClN5O2. The minimum Gasteiger partial charge on any atom is -0.373 e. The number of carbonyl (C=O) groups excluding carboxylic acids is 1. The first-order chi connectivity index (χ1) is 11.1. The van der Waals surface area contributed by atoms with E-state index in [1.807, 2.05) is 32.9 Å². The number of rotatable bonds is 6. The molecule has 23 heavy (non-hydrogen) atoms. The van der Waals surface area contributed by atoms with Crippen LogP contribution in [-0.4, -0.2) is 44.3 Å². The van der Waals surface area contributed by atoms with Crippen molar-refractivity contribution in [3.63, 3.8) is 0 Å². The molecule has 0 aliphatic heterocycles. The summed E-state index contributed by atoms with van der Waals surface area (Å²) < 4.78 is 6.71. The van der Waals surface area contributed by atoms with Crippen molar-refractivity contribution in [1.29, 1.82) is 0 Å². The Morgan fingerprint density at radius 1 is 1.30 bits per heavy atom. The molecule has 0 fully saturated rings. The van der Waals surface area contributed by atoms with Gasteiger partial charge in [-0.15, -0.1) is 0 Å². The predicted octanol–water partition coefficient (Wildman–Crippen LogP) is 3.24. The summed E-state index contributed by atoms with van der Waals surface area (Å²) in [6.45, 7) is 7.15. The summed E-state index contributed by atoms with van der Waals surface area (Å²) in [5.74, 6) is 0. The Kier molecular flexibility index (Phi) is 5.92. The smallest absolute Gasteiger partial charge is 0.373 e. The van der Waals surface area contributed by atoms with E-state index in [0.29, 0.717) is 23.8 Å². The Labute approximate surface area is 140 Å². The molecule has 7 nitrogen and oxygen atoms in total. The van der Waals surface area contributed by atoms with Gasteiger partial charge in [0.1, 0.15) is 0 Å². The van der Waals surface area contributed by atoms with Crippen molar-refractivity contribution in [2.45, 2.75) is 33.6 Å². The van der Waals surface area contributed by atoms with Crippen molar-refractivity contribution >= 4 is 17.7 Å². The molecule has 1 amide bonds. The largest absolute Gasteiger partial charge is 0.417 e. The number of ether oxygens (including phenoxy) is 1. The van der Waals surface area contributed by atoms with Crippen molar-refractivity contribution < 1.29 is 9.53 Å². The second-order valence-corrected chi connectivity index (χ2v) is 5.54. The Hall–Kier alpha value is -2.15. The average molecular weight is 338 g/mol. The highest BCUT2D eigenvalue weighted by molar-refractivity contribution is 6.32. The fraction of sp³-hybridized carbons (Fsp3) is 0.467. The third-order valence-corrected chi connectivity index (χ3v) is 3.57. The van der Waals surface area contributed by atoms with Crippen LogP contribution in [0.1, 0.15) is 32.3 Å². The third-order valence-electron chi connectivity index (χ3n) is 3.27. The number of tetrazole rings is 1. The number of halogens is 1. The van der Waals surface area contributed by atoms with E-state index in [4.69, 9.17) is 16.3 Å². The number of benzene rings is 1. The Morgan fingerprint density at radius 2 is 2.00 bits per heavy atom. The molecule has 0 unspecified atom stereocenters. The van der Waals surface area contributed by atoms with E-state index in [1.54, 1.807) is 11.0 Å². The van der Waals surface area contributed by atoms with Crippen LogP contribution in [0.2, 0.25) is 5.02 Å². The van der Waals surface area contributed by atoms with Crippen molar-refractivity contribution in [3.8, 4) is 11.7 Å². The zero-order valence-electron chi connectivity index (χ0n) is 13.5. The summed E-state index contributed by atoms with van der Waals surface area (Å²) in [6.07, 6.45) is 1.24. The fourth-order valence-electron chi connectivity index (χ4n) is 2.25. The summed E-state index contributed by atoms with van der Waals surface area (Å²) in [7, 11) is 0. The minimum atomic E-state index is -0.463. The van der Waals surface area contributed by atoms with Gasteiger partial charge in [-0.25, -0.2) is 4.79 Å². The molecule has 1 aromatic carbocycles. The normalized spacial score (nSPS) is 10.6. The van der Waals surface area contributed by atoms with E-state index in [9.17, 15) is 4.79 Å². The lowest BCUT2D eigenvalue weighted by Crippen LogP contribution is -2.35. The Balaban J connectivity index is 2.26. The minimum absolute atomic E-state index is 0.00315. The molecule has 8 heteroatoms. The van der Waals surface area contributed by atoms with E-state index < -0.39 is 6.09 Å². The van der Waals surface area contributed by atoms with Gasteiger partial charge in [0.05, 0.1) is 10.7 Å². The lowest BCUT2D eigenvalue weighted by atomic mass is 10.2. The van der Waals surface area contributed by atoms with Crippen LogP contribution in [0, 0.1) is 6.92 Å². The molecule has 124 valence electrons. The lowest BCUT2D eigenvalue weighted by Gasteiger charge is -2.20. The number of para-hydroxylation sites is 1. The van der Waals surface area contributed by atoms with Crippen LogP contribution in [-0.2, 0) is 0 Å². The van der Waals surface area contributed by atoms with Crippen LogP contribution < -0.4 is 4.74 Å². The summed E-state index contributed by atoms with van der Waals surface area (Å²) in [4.78, 5) is 13.9. The predicted molar refractivity (Wildman–Crippen MR) is 87.1 cm³/mol. The van der Waals surface area contributed by atoms with E-state index in [1.165, 1.54) is 4.68 Å². The number of hydrogen-bond acceptors (Lipinski definition) is 5.